The number of rotatable bonds is 2. The van der Waals surface area contributed by atoms with Gasteiger partial charge in [-0.05, 0) is 87.2 Å². The third-order valence-corrected chi connectivity index (χ3v) is 5.17. The summed E-state index contributed by atoms with van der Waals surface area (Å²) in [5.74, 6) is -0.263. The van der Waals surface area contributed by atoms with Crippen LogP contribution in [0.2, 0.25) is 5.02 Å². The largest absolute Gasteiger partial charge is 0.506 e. The molecule has 0 atom stereocenters. The molecule has 0 saturated carbocycles. The summed E-state index contributed by atoms with van der Waals surface area (Å²) in [5, 5.41) is 12.8. The van der Waals surface area contributed by atoms with Crippen molar-refractivity contribution in [2.75, 3.05) is 4.90 Å². The first-order valence-electron chi connectivity index (χ1n) is 6.67. The van der Waals surface area contributed by atoms with E-state index >= 15 is 0 Å². The molecule has 0 aliphatic carbocycles. The number of phenols is 1. The molecule has 0 bridgehead atoms. The standard InChI is InChI=1S/C16H9ClI2N2O3/c17-9-2-1-3-10(7-9)21-15(23)13(20-16(21)24)6-8-4-11(18)14(22)12(19)5-8/h1-7,22H,(H,20,24)/b13-6+. The van der Waals surface area contributed by atoms with E-state index in [1.165, 1.54) is 0 Å². The summed E-state index contributed by atoms with van der Waals surface area (Å²) in [7, 11) is 0. The minimum atomic E-state index is -0.531. The molecule has 24 heavy (non-hydrogen) atoms. The number of nitrogens with one attached hydrogen (secondary N) is 1. The molecule has 0 radical (unpaired) electrons. The molecular weight excluding hydrogens is 557 g/mol. The van der Waals surface area contributed by atoms with Gasteiger partial charge >= 0.3 is 6.03 Å². The van der Waals surface area contributed by atoms with E-state index < -0.39 is 11.9 Å². The summed E-state index contributed by atoms with van der Waals surface area (Å²) in [6, 6.07) is 9.45. The summed E-state index contributed by atoms with van der Waals surface area (Å²) >= 11 is 9.94. The smallest absolute Gasteiger partial charge is 0.333 e. The molecule has 0 spiro atoms. The number of phenolic OH excluding ortho intramolecular Hbond substituents is 1. The number of amides is 3. The van der Waals surface area contributed by atoms with Crippen molar-refractivity contribution in [1.82, 2.24) is 5.32 Å². The Balaban J connectivity index is 1.97. The van der Waals surface area contributed by atoms with Crippen molar-refractivity contribution in [2.24, 2.45) is 0 Å². The normalized spacial score (nSPS) is 16.0. The van der Waals surface area contributed by atoms with Crippen LogP contribution in [0.25, 0.3) is 6.08 Å². The fourth-order valence-corrected chi connectivity index (χ4v) is 4.22. The molecule has 8 heteroatoms. The van der Waals surface area contributed by atoms with E-state index in [2.05, 4.69) is 5.32 Å². The lowest BCUT2D eigenvalue weighted by atomic mass is 10.2. The monoisotopic (exact) mass is 566 g/mol. The van der Waals surface area contributed by atoms with Crippen LogP contribution < -0.4 is 10.2 Å². The molecule has 0 aromatic heterocycles. The molecule has 3 rings (SSSR count). The summed E-state index contributed by atoms with van der Waals surface area (Å²) in [6.07, 6.45) is 1.58. The molecule has 1 aliphatic rings. The topological polar surface area (TPSA) is 69.6 Å². The highest BCUT2D eigenvalue weighted by Crippen LogP contribution is 2.29. The Bertz CT molecular complexity index is 876. The van der Waals surface area contributed by atoms with Crippen LogP contribution in [0.15, 0.2) is 42.1 Å². The highest BCUT2D eigenvalue weighted by Gasteiger charge is 2.34. The van der Waals surface area contributed by atoms with E-state index in [1.807, 2.05) is 45.2 Å². The highest BCUT2D eigenvalue weighted by atomic mass is 127. The second-order valence-corrected chi connectivity index (χ2v) is 7.70. The van der Waals surface area contributed by atoms with Gasteiger partial charge in [0.05, 0.1) is 12.8 Å². The lowest BCUT2D eigenvalue weighted by Gasteiger charge is -2.11. The number of imide groups is 1. The van der Waals surface area contributed by atoms with E-state index in [4.69, 9.17) is 11.6 Å². The number of hydrogen-bond donors (Lipinski definition) is 2. The first-order chi connectivity index (χ1) is 11.4. The van der Waals surface area contributed by atoms with Gasteiger partial charge in [-0.2, -0.15) is 0 Å². The van der Waals surface area contributed by atoms with Crippen LogP contribution in [-0.4, -0.2) is 17.0 Å². The molecule has 1 saturated heterocycles. The number of urea groups is 1. The molecule has 0 unspecified atom stereocenters. The van der Waals surface area contributed by atoms with Crippen molar-refractivity contribution in [1.29, 1.82) is 0 Å². The Kier molecular flexibility index (Phi) is 5.02. The van der Waals surface area contributed by atoms with Crippen LogP contribution in [0.5, 0.6) is 5.75 Å². The van der Waals surface area contributed by atoms with Gasteiger partial charge in [-0.3, -0.25) is 4.79 Å². The van der Waals surface area contributed by atoms with Gasteiger partial charge in [0.2, 0.25) is 0 Å². The summed E-state index contributed by atoms with van der Waals surface area (Å²) in [4.78, 5) is 25.7. The fraction of sp³-hybridized carbons (Fsp3) is 0. The Morgan fingerprint density at radius 2 is 1.79 bits per heavy atom. The van der Waals surface area contributed by atoms with Gasteiger partial charge < -0.3 is 10.4 Å². The highest BCUT2D eigenvalue weighted by molar-refractivity contribution is 14.1. The van der Waals surface area contributed by atoms with E-state index in [-0.39, 0.29) is 11.4 Å². The molecule has 3 amide bonds. The molecule has 5 nitrogen and oxygen atoms in total. The summed E-state index contributed by atoms with van der Waals surface area (Å²) in [5.41, 5.74) is 1.28. The Labute approximate surface area is 170 Å². The van der Waals surface area contributed by atoms with E-state index in [1.54, 1.807) is 42.5 Å². The zero-order chi connectivity index (χ0) is 17.4. The third kappa shape index (κ3) is 3.38. The van der Waals surface area contributed by atoms with Crippen LogP contribution in [0.4, 0.5) is 10.5 Å². The van der Waals surface area contributed by atoms with Gasteiger partial charge in [-0.15, -0.1) is 0 Å². The van der Waals surface area contributed by atoms with Gasteiger partial charge in [0.15, 0.2) is 0 Å². The molecule has 2 aromatic rings. The average Bonchev–Trinajstić information content (AvgIpc) is 2.79. The van der Waals surface area contributed by atoms with Crippen molar-refractivity contribution in [2.45, 2.75) is 0 Å². The second kappa shape index (κ2) is 6.89. The predicted molar refractivity (Wildman–Crippen MR) is 109 cm³/mol. The quantitative estimate of drug-likeness (QED) is 0.323. The third-order valence-electron chi connectivity index (χ3n) is 3.29. The van der Waals surface area contributed by atoms with Gasteiger partial charge in [-0.25, -0.2) is 9.69 Å². The Morgan fingerprint density at radius 1 is 1.12 bits per heavy atom. The van der Waals surface area contributed by atoms with Gasteiger partial charge in [0.25, 0.3) is 5.91 Å². The lowest BCUT2D eigenvalue weighted by molar-refractivity contribution is -0.113. The van der Waals surface area contributed by atoms with E-state index in [0.29, 0.717) is 23.4 Å². The maximum atomic E-state index is 12.5. The molecule has 1 aliphatic heterocycles. The van der Waals surface area contributed by atoms with Crippen molar-refractivity contribution < 1.29 is 14.7 Å². The molecule has 1 fully saturated rings. The maximum Gasteiger partial charge on any atom is 0.333 e. The van der Waals surface area contributed by atoms with Crippen LogP contribution in [-0.2, 0) is 4.79 Å². The molecule has 1 heterocycles. The second-order valence-electron chi connectivity index (χ2n) is 4.94. The van der Waals surface area contributed by atoms with Crippen molar-refractivity contribution in [3.8, 4) is 5.75 Å². The lowest BCUT2D eigenvalue weighted by Crippen LogP contribution is -2.30. The first kappa shape index (κ1) is 17.5. The van der Waals surface area contributed by atoms with Crippen LogP contribution in [0.1, 0.15) is 5.56 Å². The number of hydrogen-bond acceptors (Lipinski definition) is 3. The van der Waals surface area contributed by atoms with Gasteiger partial charge in [0.1, 0.15) is 11.4 Å². The van der Waals surface area contributed by atoms with Crippen molar-refractivity contribution in [3.05, 3.63) is 59.8 Å². The van der Waals surface area contributed by atoms with E-state index in [9.17, 15) is 14.7 Å². The maximum absolute atomic E-state index is 12.5. The number of aromatic hydroxyl groups is 1. The zero-order valence-corrected chi connectivity index (χ0v) is 17.0. The molecule has 2 N–H and O–H groups in total. The van der Waals surface area contributed by atoms with Gasteiger partial charge in [-0.1, -0.05) is 17.7 Å². The zero-order valence-electron chi connectivity index (χ0n) is 11.9. The average molecular weight is 567 g/mol. The van der Waals surface area contributed by atoms with Gasteiger partial charge in [0, 0.05) is 5.02 Å². The van der Waals surface area contributed by atoms with Crippen LogP contribution in [0.3, 0.4) is 0 Å². The number of nitrogens with zero attached hydrogens (tertiary/aromatic N) is 1. The minimum Gasteiger partial charge on any atom is -0.506 e. The number of carbonyl (C=O) groups is 2. The summed E-state index contributed by atoms with van der Waals surface area (Å²) < 4.78 is 1.32. The van der Waals surface area contributed by atoms with Crippen molar-refractivity contribution >= 4 is 80.5 Å². The molecule has 122 valence electrons. The van der Waals surface area contributed by atoms with Crippen molar-refractivity contribution in [3.63, 3.8) is 0 Å². The molecule has 2 aromatic carbocycles. The SMILES string of the molecule is O=C1N/C(=C/c2cc(I)c(O)c(I)c2)C(=O)N1c1cccc(Cl)c1. The molecular formula is C16H9ClI2N2O3. The Morgan fingerprint density at radius 3 is 2.42 bits per heavy atom. The fourth-order valence-electron chi connectivity index (χ4n) is 2.22. The number of carbonyl (C=O) groups excluding carboxylic acids is 2. The Hall–Kier alpha value is -1.33. The first-order valence-corrected chi connectivity index (χ1v) is 9.21. The summed E-state index contributed by atoms with van der Waals surface area (Å²) in [6.45, 7) is 0. The number of halogens is 3. The number of anilines is 1. The van der Waals surface area contributed by atoms with Crippen LogP contribution >= 0.6 is 56.8 Å². The van der Waals surface area contributed by atoms with E-state index in [0.717, 1.165) is 4.90 Å². The van der Waals surface area contributed by atoms with Crippen LogP contribution in [0, 0.1) is 7.14 Å². The predicted octanol–water partition coefficient (Wildman–Crippen LogP) is 4.35. The minimum absolute atomic E-state index is 0.164. The number of benzene rings is 2.